The van der Waals surface area contributed by atoms with Crippen molar-refractivity contribution in [1.82, 2.24) is 4.98 Å². The molecule has 24 heavy (non-hydrogen) atoms. The minimum Gasteiger partial charge on any atom is -0.477 e. The Morgan fingerprint density at radius 1 is 1.12 bits per heavy atom. The maximum Gasteiger partial charge on any atom is 0.217 e. The number of pyridine rings is 1. The summed E-state index contributed by atoms with van der Waals surface area (Å²) in [7, 11) is 0. The number of carbonyl (C=O) groups excluding carboxylic acids is 1. The van der Waals surface area contributed by atoms with Gasteiger partial charge in [-0.25, -0.2) is 9.37 Å². The van der Waals surface area contributed by atoms with E-state index in [4.69, 9.17) is 4.74 Å². The van der Waals surface area contributed by atoms with Crippen LogP contribution in [-0.2, 0) is 12.8 Å². The summed E-state index contributed by atoms with van der Waals surface area (Å²) in [5.41, 5.74) is 3.37. The fourth-order valence-electron chi connectivity index (χ4n) is 3.00. The smallest absolute Gasteiger partial charge is 0.217 e. The predicted octanol–water partition coefficient (Wildman–Crippen LogP) is 4.12. The minimum absolute atomic E-state index is 0.0116. The molecule has 0 aliphatic carbocycles. The molecule has 2 aromatic carbocycles. The highest BCUT2D eigenvalue weighted by atomic mass is 19.1. The lowest BCUT2D eigenvalue weighted by atomic mass is 10.00. The van der Waals surface area contributed by atoms with Crippen LogP contribution >= 0.6 is 0 Å². The van der Waals surface area contributed by atoms with E-state index in [9.17, 15) is 9.18 Å². The summed E-state index contributed by atoms with van der Waals surface area (Å²) in [5, 5.41) is 0.948. The Kier molecular flexibility index (Phi) is 3.73. The number of Topliss-reactive ketones (excluding diaryl/α,β-unsaturated/α-hetero) is 1. The van der Waals surface area contributed by atoms with E-state index in [2.05, 4.69) is 11.1 Å². The molecule has 4 heteroatoms. The van der Waals surface area contributed by atoms with Crippen LogP contribution in [0, 0.1) is 5.82 Å². The molecular weight excluding hydrogens is 305 g/mol. The average Bonchev–Trinajstić information content (AvgIpc) is 2.61. The van der Waals surface area contributed by atoms with Gasteiger partial charge in [-0.05, 0) is 54.8 Å². The lowest BCUT2D eigenvalue weighted by Gasteiger charge is -2.16. The van der Waals surface area contributed by atoms with Crippen LogP contribution in [0.3, 0.4) is 0 Å². The monoisotopic (exact) mass is 321 g/mol. The second-order valence-corrected chi connectivity index (χ2v) is 6.04. The summed E-state index contributed by atoms with van der Waals surface area (Å²) in [5.74, 6) is 0.423. The molecule has 2 heterocycles. The molecule has 0 atom stereocenters. The Bertz CT molecular complexity index is 919. The molecule has 0 bridgehead atoms. The topological polar surface area (TPSA) is 39.2 Å². The van der Waals surface area contributed by atoms with Gasteiger partial charge in [0.1, 0.15) is 5.82 Å². The number of benzene rings is 2. The van der Waals surface area contributed by atoms with Gasteiger partial charge in [0.25, 0.3) is 0 Å². The number of halogens is 1. The first kappa shape index (κ1) is 14.8. The highest BCUT2D eigenvalue weighted by Crippen LogP contribution is 2.27. The predicted molar refractivity (Wildman–Crippen MR) is 90.0 cm³/mol. The summed E-state index contributed by atoms with van der Waals surface area (Å²) < 4.78 is 18.5. The standard InChI is InChI=1S/C20H16FNO2/c21-17-6-3-13(4-7-17)10-19(23)14-5-8-18-16(11-14)12-15-2-1-9-24-20(15)22-18/h3-8,11-12H,1-2,9-10H2. The summed E-state index contributed by atoms with van der Waals surface area (Å²) in [6.45, 7) is 0.708. The van der Waals surface area contributed by atoms with Gasteiger partial charge in [0.05, 0.1) is 12.1 Å². The Morgan fingerprint density at radius 2 is 1.96 bits per heavy atom. The molecule has 0 unspecified atom stereocenters. The Labute approximate surface area is 139 Å². The van der Waals surface area contributed by atoms with E-state index in [0.717, 1.165) is 34.9 Å². The third kappa shape index (κ3) is 2.87. The van der Waals surface area contributed by atoms with Gasteiger partial charge in [-0.1, -0.05) is 12.1 Å². The molecular formula is C20H16FNO2. The molecule has 0 saturated heterocycles. The zero-order valence-corrected chi connectivity index (χ0v) is 13.1. The molecule has 1 aliphatic rings. The molecule has 0 saturated carbocycles. The number of aromatic nitrogens is 1. The van der Waals surface area contributed by atoms with Gasteiger partial charge < -0.3 is 4.74 Å². The Morgan fingerprint density at radius 3 is 2.79 bits per heavy atom. The number of ether oxygens (including phenoxy) is 1. The lowest BCUT2D eigenvalue weighted by Crippen LogP contribution is -2.10. The number of nitrogens with zero attached hydrogens (tertiary/aromatic N) is 1. The van der Waals surface area contributed by atoms with Crippen LogP contribution in [0.15, 0.2) is 48.5 Å². The Balaban J connectivity index is 1.64. The van der Waals surface area contributed by atoms with Crippen LogP contribution < -0.4 is 4.74 Å². The molecule has 0 amide bonds. The van der Waals surface area contributed by atoms with E-state index in [1.54, 1.807) is 18.2 Å². The van der Waals surface area contributed by atoms with Gasteiger partial charge in [-0.2, -0.15) is 0 Å². The van der Waals surface area contributed by atoms with Crippen molar-refractivity contribution in [2.75, 3.05) is 6.61 Å². The average molecular weight is 321 g/mol. The van der Waals surface area contributed by atoms with Crippen LogP contribution in [0.5, 0.6) is 5.88 Å². The van der Waals surface area contributed by atoms with Crippen molar-refractivity contribution < 1.29 is 13.9 Å². The number of hydrogen-bond acceptors (Lipinski definition) is 3. The second-order valence-electron chi connectivity index (χ2n) is 6.04. The van der Waals surface area contributed by atoms with E-state index in [0.29, 0.717) is 18.1 Å². The molecule has 120 valence electrons. The summed E-state index contributed by atoms with van der Waals surface area (Å²) >= 11 is 0. The third-order valence-electron chi connectivity index (χ3n) is 4.28. The molecule has 0 radical (unpaired) electrons. The number of rotatable bonds is 3. The number of carbonyl (C=O) groups is 1. The first-order valence-electron chi connectivity index (χ1n) is 8.03. The lowest BCUT2D eigenvalue weighted by molar-refractivity contribution is 0.0993. The van der Waals surface area contributed by atoms with Crippen molar-refractivity contribution in [3.8, 4) is 5.88 Å². The fourth-order valence-corrected chi connectivity index (χ4v) is 3.00. The quantitative estimate of drug-likeness (QED) is 0.681. The van der Waals surface area contributed by atoms with Crippen molar-refractivity contribution in [3.63, 3.8) is 0 Å². The minimum atomic E-state index is -0.296. The van der Waals surface area contributed by atoms with Gasteiger partial charge in [0, 0.05) is 22.9 Å². The van der Waals surface area contributed by atoms with Gasteiger partial charge >= 0.3 is 0 Å². The van der Waals surface area contributed by atoms with Crippen molar-refractivity contribution in [2.45, 2.75) is 19.3 Å². The summed E-state index contributed by atoms with van der Waals surface area (Å²) in [6.07, 6.45) is 2.20. The molecule has 0 N–H and O–H groups in total. The zero-order chi connectivity index (χ0) is 16.5. The Hall–Kier alpha value is -2.75. The second kappa shape index (κ2) is 6.04. The largest absolute Gasteiger partial charge is 0.477 e. The number of fused-ring (bicyclic) bond motifs is 2. The zero-order valence-electron chi connectivity index (χ0n) is 13.1. The normalized spacial score (nSPS) is 13.4. The van der Waals surface area contributed by atoms with Crippen molar-refractivity contribution in [2.24, 2.45) is 0 Å². The van der Waals surface area contributed by atoms with Crippen molar-refractivity contribution in [3.05, 3.63) is 71.0 Å². The SMILES string of the molecule is O=C(Cc1ccc(F)cc1)c1ccc2nc3c(cc2c1)CCCO3. The highest BCUT2D eigenvalue weighted by Gasteiger charge is 2.14. The van der Waals surface area contributed by atoms with E-state index >= 15 is 0 Å². The van der Waals surface area contributed by atoms with Gasteiger partial charge in [0.2, 0.25) is 5.88 Å². The maximum atomic E-state index is 13.0. The van der Waals surface area contributed by atoms with Gasteiger partial charge in [0.15, 0.2) is 5.78 Å². The molecule has 1 aliphatic heterocycles. The maximum absolute atomic E-state index is 13.0. The van der Waals surface area contributed by atoms with Gasteiger partial charge in [-0.15, -0.1) is 0 Å². The first-order valence-corrected chi connectivity index (χ1v) is 8.03. The number of hydrogen-bond donors (Lipinski definition) is 0. The van der Waals surface area contributed by atoms with E-state index in [1.807, 2.05) is 12.1 Å². The van der Waals surface area contributed by atoms with Crippen LogP contribution in [0.4, 0.5) is 4.39 Å². The van der Waals surface area contributed by atoms with Gasteiger partial charge in [-0.3, -0.25) is 4.79 Å². The highest BCUT2D eigenvalue weighted by molar-refractivity contribution is 6.00. The molecule has 1 aromatic heterocycles. The fraction of sp³-hybridized carbons (Fsp3) is 0.200. The molecule has 0 fully saturated rings. The molecule has 0 spiro atoms. The van der Waals surface area contributed by atoms with Crippen LogP contribution in [-0.4, -0.2) is 17.4 Å². The van der Waals surface area contributed by atoms with Crippen molar-refractivity contribution >= 4 is 16.7 Å². The van der Waals surface area contributed by atoms with E-state index < -0.39 is 0 Å². The number of ketones is 1. The first-order chi connectivity index (χ1) is 11.7. The van der Waals surface area contributed by atoms with Crippen LogP contribution in [0.1, 0.15) is 27.9 Å². The van der Waals surface area contributed by atoms with Crippen LogP contribution in [0.25, 0.3) is 10.9 Å². The molecule has 3 nitrogen and oxygen atoms in total. The molecule has 3 aromatic rings. The molecule has 4 rings (SSSR count). The summed E-state index contributed by atoms with van der Waals surface area (Å²) in [6, 6.07) is 13.6. The summed E-state index contributed by atoms with van der Waals surface area (Å²) in [4.78, 5) is 17.0. The van der Waals surface area contributed by atoms with Crippen molar-refractivity contribution in [1.29, 1.82) is 0 Å². The van der Waals surface area contributed by atoms with E-state index in [1.165, 1.54) is 12.1 Å². The number of aryl methyl sites for hydroxylation is 1. The van der Waals surface area contributed by atoms with E-state index in [-0.39, 0.29) is 18.0 Å². The van der Waals surface area contributed by atoms with Crippen LogP contribution in [0.2, 0.25) is 0 Å². The third-order valence-corrected chi connectivity index (χ3v) is 4.28.